The van der Waals surface area contributed by atoms with Crippen LogP contribution in [0.2, 0.25) is 0 Å². The molecule has 1 rings (SSSR count). The molecule has 0 heterocycles. The number of carbonyl (C=O) groups is 2. The Morgan fingerprint density at radius 1 is 1.47 bits per heavy atom. The van der Waals surface area contributed by atoms with Gasteiger partial charge >= 0.3 is 0 Å². The molecule has 0 aliphatic heterocycles. The predicted octanol–water partition coefficient (Wildman–Crippen LogP) is 2.53. The normalized spacial score (nSPS) is 12.0. The highest BCUT2D eigenvalue weighted by molar-refractivity contribution is 14.1. The largest absolute Gasteiger partial charge is 0.342 e. The maximum absolute atomic E-state index is 12.9. The van der Waals surface area contributed by atoms with Crippen molar-refractivity contribution in [3.05, 3.63) is 33.1 Å². The molecule has 0 aromatic heterocycles. The van der Waals surface area contributed by atoms with Gasteiger partial charge in [0, 0.05) is 9.99 Å². The van der Waals surface area contributed by atoms with Gasteiger partial charge in [0.25, 0.3) is 5.91 Å². The number of amides is 1. The molecule has 0 fully saturated rings. The van der Waals surface area contributed by atoms with Crippen LogP contribution < -0.4 is 5.32 Å². The lowest BCUT2D eigenvalue weighted by atomic mass is 10.1. The second kappa shape index (κ2) is 6.09. The van der Waals surface area contributed by atoms with Crippen molar-refractivity contribution in [1.29, 1.82) is 0 Å². The Bertz CT molecular complexity index is 448. The second-order valence-corrected chi connectivity index (χ2v) is 4.80. The van der Waals surface area contributed by atoms with E-state index in [4.69, 9.17) is 0 Å². The minimum atomic E-state index is -0.520. The van der Waals surface area contributed by atoms with Crippen LogP contribution in [-0.2, 0) is 4.79 Å². The molecule has 1 N–H and O–H groups in total. The van der Waals surface area contributed by atoms with Crippen molar-refractivity contribution in [3.63, 3.8) is 0 Å². The van der Waals surface area contributed by atoms with E-state index < -0.39 is 6.04 Å². The van der Waals surface area contributed by atoms with Gasteiger partial charge in [-0.1, -0.05) is 6.92 Å². The van der Waals surface area contributed by atoms with Crippen molar-refractivity contribution in [2.45, 2.75) is 26.3 Å². The molecule has 3 nitrogen and oxygen atoms in total. The van der Waals surface area contributed by atoms with Crippen molar-refractivity contribution in [2.24, 2.45) is 0 Å². The van der Waals surface area contributed by atoms with Crippen LogP contribution in [0.25, 0.3) is 0 Å². The Balaban J connectivity index is 2.80. The summed E-state index contributed by atoms with van der Waals surface area (Å²) in [5.74, 6) is -0.775. The van der Waals surface area contributed by atoms with Crippen LogP contribution in [0.15, 0.2) is 18.2 Å². The third-order valence-corrected chi connectivity index (χ3v) is 3.25. The number of benzene rings is 1. The van der Waals surface area contributed by atoms with Crippen molar-refractivity contribution >= 4 is 34.3 Å². The second-order valence-electron chi connectivity index (χ2n) is 3.64. The molecule has 0 saturated heterocycles. The van der Waals surface area contributed by atoms with Crippen LogP contribution in [0.4, 0.5) is 4.39 Å². The summed E-state index contributed by atoms with van der Waals surface area (Å²) < 4.78 is 13.4. The Morgan fingerprint density at radius 3 is 2.65 bits per heavy atom. The van der Waals surface area contributed by atoms with E-state index in [0.717, 1.165) is 0 Å². The van der Waals surface area contributed by atoms with Crippen molar-refractivity contribution < 1.29 is 14.0 Å². The summed E-state index contributed by atoms with van der Waals surface area (Å²) in [5.41, 5.74) is 0.378. The van der Waals surface area contributed by atoms with Crippen LogP contribution in [0, 0.1) is 9.39 Å². The quantitative estimate of drug-likeness (QED) is 0.850. The van der Waals surface area contributed by atoms with Crippen LogP contribution in [0.5, 0.6) is 0 Å². The molecule has 5 heteroatoms. The fourth-order valence-electron chi connectivity index (χ4n) is 1.33. The van der Waals surface area contributed by atoms with Crippen molar-refractivity contribution in [3.8, 4) is 0 Å². The van der Waals surface area contributed by atoms with Gasteiger partial charge < -0.3 is 5.32 Å². The Kier molecular flexibility index (Phi) is 5.04. The molecular formula is C12H13FINO2. The zero-order chi connectivity index (χ0) is 13.0. The molecule has 1 amide bonds. The summed E-state index contributed by atoms with van der Waals surface area (Å²) >= 11 is 1.89. The summed E-state index contributed by atoms with van der Waals surface area (Å²) in [7, 11) is 0. The number of hydrogen-bond donors (Lipinski definition) is 1. The third kappa shape index (κ3) is 3.76. The molecule has 0 saturated carbocycles. The fraction of sp³-hybridized carbons (Fsp3) is 0.333. The van der Waals surface area contributed by atoms with E-state index in [2.05, 4.69) is 5.32 Å². The number of Topliss-reactive ketones (excluding diaryl/α,β-unsaturated/α-hetero) is 1. The number of halogens is 2. The summed E-state index contributed by atoms with van der Waals surface area (Å²) in [5, 5.41) is 2.59. The average molecular weight is 349 g/mol. The Morgan fingerprint density at radius 2 is 2.12 bits per heavy atom. The van der Waals surface area contributed by atoms with Gasteiger partial charge in [0.2, 0.25) is 0 Å². The van der Waals surface area contributed by atoms with Crippen LogP contribution >= 0.6 is 22.6 Å². The number of ketones is 1. The number of rotatable bonds is 4. The van der Waals surface area contributed by atoms with E-state index in [1.165, 1.54) is 18.2 Å². The average Bonchev–Trinajstić information content (AvgIpc) is 2.27. The maximum atomic E-state index is 12.9. The monoisotopic (exact) mass is 349 g/mol. The molecule has 92 valence electrons. The SMILES string of the molecule is CCC(=O)C(C)NC(=O)c1ccc(F)cc1I. The van der Waals surface area contributed by atoms with Gasteiger partial charge in [-0.2, -0.15) is 0 Å². The van der Waals surface area contributed by atoms with E-state index in [1.807, 2.05) is 22.6 Å². The lowest BCUT2D eigenvalue weighted by Gasteiger charge is -2.12. The van der Waals surface area contributed by atoms with E-state index in [9.17, 15) is 14.0 Å². The predicted molar refractivity (Wildman–Crippen MR) is 71.3 cm³/mol. The Labute approximate surface area is 113 Å². The molecule has 1 atom stereocenters. The smallest absolute Gasteiger partial charge is 0.252 e. The molecule has 0 aliphatic rings. The fourth-order valence-corrected chi connectivity index (χ4v) is 2.06. The molecule has 1 aromatic rings. The number of carbonyl (C=O) groups excluding carboxylic acids is 2. The maximum Gasteiger partial charge on any atom is 0.252 e. The first-order valence-corrected chi connectivity index (χ1v) is 6.32. The molecule has 0 radical (unpaired) electrons. The lowest BCUT2D eigenvalue weighted by molar-refractivity contribution is -0.120. The topological polar surface area (TPSA) is 46.2 Å². The summed E-state index contributed by atoms with van der Waals surface area (Å²) in [6.45, 7) is 3.38. The van der Waals surface area contributed by atoms with Crippen LogP contribution in [-0.4, -0.2) is 17.7 Å². The van der Waals surface area contributed by atoms with Crippen molar-refractivity contribution in [2.75, 3.05) is 0 Å². The molecule has 0 aliphatic carbocycles. The van der Waals surface area contributed by atoms with Gasteiger partial charge in [-0.15, -0.1) is 0 Å². The van der Waals surface area contributed by atoms with E-state index in [1.54, 1.807) is 13.8 Å². The highest BCUT2D eigenvalue weighted by Gasteiger charge is 2.16. The molecule has 0 spiro atoms. The highest BCUT2D eigenvalue weighted by Crippen LogP contribution is 2.14. The summed E-state index contributed by atoms with van der Waals surface area (Å²) in [6, 6.07) is 3.40. The van der Waals surface area contributed by atoms with Gasteiger partial charge in [-0.25, -0.2) is 4.39 Å². The molecular weight excluding hydrogens is 336 g/mol. The van der Waals surface area contributed by atoms with E-state index in [0.29, 0.717) is 15.6 Å². The zero-order valence-corrected chi connectivity index (χ0v) is 11.7. The van der Waals surface area contributed by atoms with Gasteiger partial charge in [-0.05, 0) is 47.7 Å². The highest BCUT2D eigenvalue weighted by atomic mass is 127. The molecule has 1 aromatic carbocycles. The minimum Gasteiger partial charge on any atom is -0.342 e. The lowest BCUT2D eigenvalue weighted by Crippen LogP contribution is -2.38. The van der Waals surface area contributed by atoms with Gasteiger partial charge in [-0.3, -0.25) is 9.59 Å². The first-order valence-electron chi connectivity index (χ1n) is 5.24. The standard InChI is InChI=1S/C12H13FINO2/c1-3-11(16)7(2)15-12(17)9-5-4-8(13)6-10(9)14/h4-7H,3H2,1-2H3,(H,15,17). The first kappa shape index (κ1) is 14.1. The minimum absolute atomic E-state index is 0.0320. The van der Waals surface area contributed by atoms with E-state index in [-0.39, 0.29) is 17.5 Å². The van der Waals surface area contributed by atoms with Crippen molar-refractivity contribution in [1.82, 2.24) is 5.32 Å². The van der Waals surface area contributed by atoms with Crippen LogP contribution in [0.1, 0.15) is 30.6 Å². The summed E-state index contributed by atoms with van der Waals surface area (Å²) in [6.07, 6.45) is 0.377. The van der Waals surface area contributed by atoms with Gasteiger partial charge in [0.15, 0.2) is 5.78 Å². The third-order valence-electron chi connectivity index (χ3n) is 2.35. The number of hydrogen-bond acceptors (Lipinski definition) is 2. The molecule has 17 heavy (non-hydrogen) atoms. The zero-order valence-electron chi connectivity index (χ0n) is 9.59. The van der Waals surface area contributed by atoms with Crippen LogP contribution in [0.3, 0.4) is 0 Å². The number of nitrogens with one attached hydrogen (secondary N) is 1. The molecule has 0 bridgehead atoms. The van der Waals surface area contributed by atoms with Gasteiger partial charge in [0.05, 0.1) is 11.6 Å². The van der Waals surface area contributed by atoms with E-state index >= 15 is 0 Å². The Hall–Kier alpha value is -0.980. The summed E-state index contributed by atoms with van der Waals surface area (Å²) in [4.78, 5) is 23.2. The molecule has 1 unspecified atom stereocenters. The van der Waals surface area contributed by atoms with Gasteiger partial charge in [0.1, 0.15) is 5.82 Å². The first-order chi connectivity index (χ1) is 7.95.